The quantitative estimate of drug-likeness (QED) is 0.618. The van der Waals surface area contributed by atoms with Crippen LogP contribution in [0.25, 0.3) is 10.2 Å². The molecule has 1 N–H and O–H groups in total. The third kappa shape index (κ3) is 5.63. The number of aryl methyl sites for hydroxylation is 2. The van der Waals surface area contributed by atoms with E-state index in [0.29, 0.717) is 19.7 Å². The molecule has 0 aliphatic carbocycles. The van der Waals surface area contributed by atoms with Crippen molar-refractivity contribution in [1.29, 1.82) is 0 Å². The SMILES string of the molecule is COCCCNC(=O)CN(C)c1nc(CN2CCOCC2)nc2sc(C)c(C)c12. The summed E-state index contributed by atoms with van der Waals surface area (Å²) in [7, 11) is 3.58. The van der Waals surface area contributed by atoms with Gasteiger partial charge in [-0.15, -0.1) is 11.3 Å². The lowest BCUT2D eigenvalue weighted by molar-refractivity contribution is -0.119. The number of likely N-dealkylation sites (N-methyl/N-ethyl adjacent to an activating group) is 1. The molecule has 0 saturated carbocycles. The van der Waals surface area contributed by atoms with Gasteiger partial charge in [0.15, 0.2) is 0 Å². The van der Waals surface area contributed by atoms with Crippen LogP contribution in [0.3, 0.4) is 0 Å². The van der Waals surface area contributed by atoms with Crippen molar-refractivity contribution >= 4 is 33.3 Å². The first-order valence-corrected chi connectivity index (χ1v) is 10.8. The minimum absolute atomic E-state index is 0.0188. The van der Waals surface area contributed by atoms with Gasteiger partial charge in [0.05, 0.1) is 31.7 Å². The smallest absolute Gasteiger partial charge is 0.239 e. The van der Waals surface area contributed by atoms with Gasteiger partial charge >= 0.3 is 0 Å². The third-order valence-corrected chi connectivity index (χ3v) is 6.22. The van der Waals surface area contributed by atoms with Crippen LogP contribution in [0.4, 0.5) is 5.82 Å². The van der Waals surface area contributed by atoms with Crippen molar-refractivity contribution in [1.82, 2.24) is 20.2 Å². The van der Waals surface area contributed by atoms with Crippen LogP contribution in [-0.4, -0.2) is 80.9 Å². The highest BCUT2D eigenvalue weighted by Gasteiger charge is 2.20. The number of carbonyl (C=O) groups is 1. The number of morpholine rings is 1. The summed E-state index contributed by atoms with van der Waals surface area (Å²) in [4.78, 5) is 28.5. The molecule has 9 heteroatoms. The minimum atomic E-state index is -0.0188. The second-order valence-electron chi connectivity index (χ2n) is 7.37. The highest BCUT2D eigenvalue weighted by atomic mass is 32.1. The third-order valence-electron chi connectivity index (χ3n) is 5.11. The zero-order chi connectivity index (χ0) is 20.8. The van der Waals surface area contributed by atoms with Crippen molar-refractivity contribution in [2.24, 2.45) is 0 Å². The van der Waals surface area contributed by atoms with E-state index in [4.69, 9.17) is 19.4 Å². The summed E-state index contributed by atoms with van der Waals surface area (Å²) >= 11 is 1.69. The second kappa shape index (κ2) is 10.3. The van der Waals surface area contributed by atoms with E-state index in [1.54, 1.807) is 18.4 Å². The lowest BCUT2D eigenvalue weighted by atomic mass is 10.2. The Morgan fingerprint density at radius 2 is 2.07 bits per heavy atom. The summed E-state index contributed by atoms with van der Waals surface area (Å²) in [6.45, 7) is 9.67. The molecule has 1 fully saturated rings. The number of nitrogens with zero attached hydrogens (tertiary/aromatic N) is 4. The molecular formula is C20H31N5O3S. The number of nitrogens with one attached hydrogen (secondary N) is 1. The van der Waals surface area contributed by atoms with Crippen molar-refractivity contribution in [3.8, 4) is 0 Å². The molecule has 3 rings (SSSR count). The van der Waals surface area contributed by atoms with Crippen LogP contribution in [0.1, 0.15) is 22.7 Å². The van der Waals surface area contributed by atoms with Gasteiger partial charge in [0.1, 0.15) is 16.5 Å². The number of amides is 1. The number of ether oxygens (including phenoxy) is 2. The summed E-state index contributed by atoms with van der Waals surface area (Å²) in [6.07, 6.45) is 0.802. The van der Waals surface area contributed by atoms with E-state index in [9.17, 15) is 4.79 Å². The summed E-state index contributed by atoms with van der Waals surface area (Å²) in [5, 5.41) is 3.99. The van der Waals surface area contributed by atoms with Gasteiger partial charge in [-0.2, -0.15) is 0 Å². The van der Waals surface area contributed by atoms with E-state index < -0.39 is 0 Å². The normalized spacial score (nSPS) is 15.0. The van der Waals surface area contributed by atoms with Crippen LogP contribution >= 0.6 is 11.3 Å². The van der Waals surface area contributed by atoms with Crippen molar-refractivity contribution in [3.05, 3.63) is 16.3 Å². The maximum absolute atomic E-state index is 12.4. The van der Waals surface area contributed by atoms with Gasteiger partial charge in [-0.25, -0.2) is 9.97 Å². The molecule has 1 aliphatic heterocycles. The predicted octanol–water partition coefficient (Wildman–Crippen LogP) is 1.73. The largest absolute Gasteiger partial charge is 0.385 e. The number of methoxy groups -OCH3 is 1. The molecule has 2 aromatic heterocycles. The van der Waals surface area contributed by atoms with E-state index in [-0.39, 0.29) is 12.5 Å². The standard InChI is InChI=1S/C20H31N5O3S/c1-14-15(2)29-20-18(14)19(24(3)13-17(26)21-6-5-9-27-4)22-16(23-20)12-25-7-10-28-11-8-25/h5-13H2,1-4H3,(H,21,26). The molecule has 0 unspecified atom stereocenters. The maximum Gasteiger partial charge on any atom is 0.239 e. The van der Waals surface area contributed by atoms with Crippen LogP contribution in [0.15, 0.2) is 0 Å². The number of carbonyl (C=O) groups excluding carboxylic acids is 1. The number of hydrogen-bond acceptors (Lipinski definition) is 8. The van der Waals surface area contributed by atoms with Gasteiger partial charge < -0.3 is 19.7 Å². The topological polar surface area (TPSA) is 79.8 Å². The minimum Gasteiger partial charge on any atom is -0.385 e. The van der Waals surface area contributed by atoms with E-state index in [2.05, 4.69) is 24.1 Å². The van der Waals surface area contributed by atoms with Crippen molar-refractivity contribution in [2.75, 3.05) is 65.1 Å². The first-order chi connectivity index (χ1) is 14.0. The number of rotatable bonds is 9. The van der Waals surface area contributed by atoms with Crippen LogP contribution in [0, 0.1) is 13.8 Å². The van der Waals surface area contributed by atoms with Gasteiger partial charge in [-0.3, -0.25) is 9.69 Å². The van der Waals surface area contributed by atoms with Gasteiger partial charge in [-0.1, -0.05) is 0 Å². The molecule has 0 bridgehead atoms. The van der Waals surface area contributed by atoms with Crippen LogP contribution < -0.4 is 10.2 Å². The van der Waals surface area contributed by atoms with E-state index in [0.717, 1.165) is 54.6 Å². The molecule has 0 spiro atoms. The molecule has 1 saturated heterocycles. The summed E-state index contributed by atoms with van der Waals surface area (Å²) in [5.74, 6) is 1.60. The Morgan fingerprint density at radius 3 is 2.79 bits per heavy atom. The zero-order valence-electron chi connectivity index (χ0n) is 17.8. The van der Waals surface area contributed by atoms with Crippen LogP contribution in [0.5, 0.6) is 0 Å². The van der Waals surface area contributed by atoms with Crippen molar-refractivity contribution in [2.45, 2.75) is 26.8 Å². The lowest BCUT2D eigenvalue weighted by Crippen LogP contribution is -2.37. The second-order valence-corrected chi connectivity index (χ2v) is 8.57. The summed E-state index contributed by atoms with van der Waals surface area (Å²) in [5.41, 5.74) is 1.19. The molecule has 1 aliphatic rings. The molecule has 8 nitrogen and oxygen atoms in total. The number of anilines is 1. The maximum atomic E-state index is 12.4. The first kappa shape index (κ1) is 21.9. The van der Waals surface area contributed by atoms with E-state index >= 15 is 0 Å². The fraction of sp³-hybridized carbons (Fsp3) is 0.650. The average Bonchev–Trinajstić information content (AvgIpc) is 2.99. The first-order valence-electron chi connectivity index (χ1n) is 10.0. The molecule has 1 amide bonds. The highest BCUT2D eigenvalue weighted by molar-refractivity contribution is 7.18. The monoisotopic (exact) mass is 421 g/mol. The Balaban J connectivity index is 1.79. The lowest BCUT2D eigenvalue weighted by Gasteiger charge is -2.26. The summed E-state index contributed by atoms with van der Waals surface area (Å²) in [6, 6.07) is 0. The fourth-order valence-corrected chi connectivity index (χ4v) is 4.41. The van der Waals surface area contributed by atoms with Crippen molar-refractivity contribution < 1.29 is 14.3 Å². The molecular weight excluding hydrogens is 390 g/mol. The van der Waals surface area contributed by atoms with Crippen LogP contribution in [0.2, 0.25) is 0 Å². The number of thiophene rings is 1. The fourth-order valence-electron chi connectivity index (χ4n) is 3.37. The van der Waals surface area contributed by atoms with Gasteiger partial charge in [0.2, 0.25) is 5.91 Å². The van der Waals surface area contributed by atoms with Crippen LogP contribution in [-0.2, 0) is 20.8 Å². The molecule has 0 atom stereocenters. The average molecular weight is 422 g/mol. The molecule has 29 heavy (non-hydrogen) atoms. The Kier molecular flexibility index (Phi) is 7.77. The molecule has 3 heterocycles. The number of fused-ring (bicyclic) bond motifs is 1. The molecule has 2 aromatic rings. The van der Waals surface area contributed by atoms with E-state index in [1.807, 2.05) is 11.9 Å². The zero-order valence-corrected chi connectivity index (χ0v) is 18.6. The molecule has 160 valence electrons. The highest BCUT2D eigenvalue weighted by Crippen LogP contribution is 2.34. The predicted molar refractivity (Wildman–Crippen MR) is 116 cm³/mol. The van der Waals surface area contributed by atoms with E-state index in [1.165, 1.54) is 10.4 Å². The molecule has 0 radical (unpaired) electrons. The Labute approximate surface area is 176 Å². The van der Waals surface area contributed by atoms with Gasteiger partial charge in [-0.05, 0) is 25.8 Å². The number of aromatic nitrogens is 2. The molecule has 0 aromatic carbocycles. The van der Waals surface area contributed by atoms with Crippen molar-refractivity contribution in [3.63, 3.8) is 0 Å². The Bertz CT molecular complexity index is 835. The summed E-state index contributed by atoms with van der Waals surface area (Å²) < 4.78 is 10.5. The Morgan fingerprint density at radius 1 is 1.31 bits per heavy atom. The number of hydrogen-bond donors (Lipinski definition) is 1. The van der Waals surface area contributed by atoms with Gasteiger partial charge in [0, 0.05) is 45.3 Å². The Hall–Kier alpha value is -1.81. The van der Waals surface area contributed by atoms with Gasteiger partial charge in [0.25, 0.3) is 0 Å².